The fraction of sp³-hybridized carbons (Fsp3) is 0.273. The first kappa shape index (κ1) is 10.9. The Morgan fingerprint density at radius 2 is 1.94 bits per heavy atom. The van der Waals surface area contributed by atoms with E-state index in [9.17, 15) is 4.79 Å². The highest BCUT2D eigenvalue weighted by atomic mass is 32.1. The number of aryl methyl sites for hydroxylation is 3. The topological polar surface area (TPSA) is 46.9 Å². The highest BCUT2D eigenvalue weighted by Crippen LogP contribution is 2.29. The molecule has 2 aromatic rings. The van der Waals surface area contributed by atoms with Crippen LogP contribution in [0.5, 0.6) is 0 Å². The normalized spacial score (nSPS) is 10.4. The van der Waals surface area contributed by atoms with Crippen LogP contribution in [0, 0.1) is 20.8 Å². The molecule has 0 fully saturated rings. The lowest BCUT2D eigenvalue weighted by atomic mass is 10.5. The molecule has 0 aliphatic rings. The van der Waals surface area contributed by atoms with Gasteiger partial charge in [-0.2, -0.15) is 0 Å². The maximum absolute atomic E-state index is 10.5. The highest BCUT2D eigenvalue weighted by molar-refractivity contribution is 7.14. The Morgan fingerprint density at radius 1 is 1.31 bits per heavy atom. The van der Waals surface area contributed by atoms with E-state index in [2.05, 4.69) is 27.0 Å². The highest BCUT2D eigenvalue weighted by Gasteiger charge is 2.13. The average molecular weight is 235 g/mol. The van der Waals surface area contributed by atoms with Crippen LogP contribution in [0.3, 0.4) is 0 Å². The molecule has 0 radical (unpaired) electrons. The first-order chi connectivity index (χ1) is 7.63. The SMILES string of the molecule is Cc1nc(NC=O)c(-n2c(C)ccc2C)s1. The van der Waals surface area contributed by atoms with Gasteiger partial charge in [-0.3, -0.25) is 4.79 Å². The molecule has 2 rings (SSSR count). The Morgan fingerprint density at radius 3 is 2.50 bits per heavy atom. The Hall–Kier alpha value is -1.62. The molecule has 0 atom stereocenters. The summed E-state index contributed by atoms with van der Waals surface area (Å²) in [7, 11) is 0. The molecular formula is C11H13N3OS. The minimum atomic E-state index is 0.625. The quantitative estimate of drug-likeness (QED) is 0.830. The van der Waals surface area contributed by atoms with Crippen molar-refractivity contribution in [2.75, 3.05) is 5.32 Å². The largest absolute Gasteiger partial charge is 0.311 e. The van der Waals surface area contributed by atoms with E-state index >= 15 is 0 Å². The van der Waals surface area contributed by atoms with Crippen LogP contribution < -0.4 is 5.32 Å². The molecule has 84 valence electrons. The molecule has 4 nitrogen and oxygen atoms in total. The van der Waals surface area contributed by atoms with Crippen molar-refractivity contribution in [3.63, 3.8) is 0 Å². The molecule has 2 aromatic heterocycles. The molecule has 16 heavy (non-hydrogen) atoms. The van der Waals surface area contributed by atoms with Gasteiger partial charge in [0.25, 0.3) is 0 Å². The van der Waals surface area contributed by atoms with Crippen LogP contribution in [0.1, 0.15) is 16.4 Å². The van der Waals surface area contributed by atoms with Crippen LogP contribution in [0.25, 0.3) is 5.00 Å². The van der Waals surface area contributed by atoms with E-state index in [0.29, 0.717) is 12.2 Å². The van der Waals surface area contributed by atoms with Crippen LogP contribution >= 0.6 is 11.3 Å². The third-order valence-corrected chi connectivity index (χ3v) is 3.34. The lowest BCUT2D eigenvalue weighted by Gasteiger charge is -2.07. The summed E-state index contributed by atoms with van der Waals surface area (Å²) in [5, 5.41) is 4.54. The fourth-order valence-electron chi connectivity index (χ4n) is 1.71. The third kappa shape index (κ3) is 1.74. The van der Waals surface area contributed by atoms with Crippen molar-refractivity contribution in [3.8, 4) is 5.00 Å². The number of anilines is 1. The summed E-state index contributed by atoms with van der Waals surface area (Å²) in [5.74, 6) is 0.625. The number of amides is 1. The molecule has 0 saturated heterocycles. The van der Waals surface area contributed by atoms with Gasteiger partial charge in [0.15, 0.2) is 5.82 Å². The van der Waals surface area contributed by atoms with E-state index < -0.39 is 0 Å². The Balaban J connectivity index is 2.58. The lowest BCUT2D eigenvalue weighted by Crippen LogP contribution is -2.02. The number of nitrogens with one attached hydrogen (secondary N) is 1. The lowest BCUT2D eigenvalue weighted by molar-refractivity contribution is -0.105. The van der Waals surface area contributed by atoms with Crippen LogP contribution in [0.15, 0.2) is 12.1 Å². The molecule has 0 bridgehead atoms. The summed E-state index contributed by atoms with van der Waals surface area (Å²) in [6.07, 6.45) is 0.659. The average Bonchev–Trinajstić information content (AvgIpc) is 2.72. The van der Waals surface area contributed by atoms with Gasteiger partial charge in [0.05, 0.1) is 5.01 Å². The minimum Gasteiger partial charge on any atom is -0.311 e. The summed E-state index contributed by atoms with van der Waals surface area (Å²) in [5.41, 5.74) is 2.27. The fourth-order valence-corrected chi connectivity index (χ4v) is 2.70. The molecular weight excluding hydrogens is 222 g/mol. The molecule has 1 N–H and O–H groups in total. The standard InChI is InChI=1S/C11H13N3OS/c1-7-4-5-8(2)14(7)11-10(12-6-15)13-9(3)16-11/h4-6H,1-3H3,(H,12,15). The molecule has 0 aromatic carbocycles. The van der Waals surface area contributed by atoms with Crippen LogP contribution in [0.4, 0.5) is 5.82 Å². The van der Waals surface area contributed by atoms with Gasteiger partial charge >= 0.3 is 0 Å². The number of hydrogen-bond donors (Lipinski definition) is 1. The first-order valence-corrected chi connectivity index (χ1v) is 5.78. The predicted molar refractivity (Wildman–Crippen MR) is 65.3 cm³/mol. The Bertz CT molecular complexity index is 508. The summed E-state index contributed by atoms with van der Waals surface area (Å²) in [4.78, 5) is 14.8. The Kier molecular flexibility index (Phi) is 2.78. The molecule has 0 aliphatic heterocycles. The van der Waals surface area contributed by atoms with Crippen molar-refractivity contribution in [3.05, 3.63) is 28.5 Å². The van der Waals surface area contributed by atoms with Gasteiger partial charge in [0.1, 0.15) is 5.00 Å². The molecule has 1 amide bonds. The van der Waals surface area contributed by atoms with Crippen molar-refractivity contribution < 1.29 is 4.79 Å². The maximum atomic E-state index is 10.5. The van der Waals surface area contributed by atoms with Gasteiger partial charge in [0, 0.05) is 11.4 Å². The van der Waals surface area contributed by atoms with Crippen molar-refractivity contribution in [1.82, 2.24) is 9.55 Å². The van der Waals surface area contributed by atoms with Crippen LogP contribution in [0.2, 0.25) is 0 Å². The zero-order valence-corrected chi connectivity index (χ0v) is 10.3. The van der Waals surface area contributed by atoms with E-state index in [1.165, 1.54) is 0 Å². The maximum Gasteiger partial charge on any atom is 0.212 e. The molecule has 2 heterocycles. The van der Waals surface area contributed by atoms with Gasteiger partial charge in [-0.05, 0) is 32.9 Å². The van der Waals surface area contributed by atoms with Gasteiger partial charge in [-0.25, -0.2) is 4.98 Å². The summed E-state index contributed by atoms with van der Waals surface area (Å²) in [6.45, 7) is 6.00. The molecule has 0 unspecified atom stereocenters. The summed E-state index contributed by atoms with van der Waals surface area (Å²) >= 11 is 1.57. The van der Waals surface area contributed by atoms with Gasteiger partial charge in [-0.15, -0.1) is 0 Å². The number of thiazole rings is 1. The van der Waals surface area contributed by atoms with E-state index in [1.54, 1.807) is 11.3 Å². The van der Waals surface area contributed by atoms with Crippen molar-refractivity contribution >= 4 is 23.6 Å². The summed E-state index contributed by atoms with van der Waals surface area (Å²) < 4.78 is 2.09. The number of rotatable bonds is 3. The second kappa shape index (κ2) is 4.09. The second-order valence-electron chi connectivity index (χ2n) is 3.60. The van der Waals surface area contributed by atoms with Crippen LogP contribution in [-0.2, 0) is 4.79 Å². The van der Waals surface area contributed by atoms with E-state index in [1.807, 2.05) is 20.8 Å². The zero-order chi connectivity index (χ0) is 11.7. The number of hydrogen-bond acceptors (Lipinski definition) is 3. The second-order valence-corrected chi connectivity index (χ2v) is 4.78. The van der Waals surface area contributed by atoms with Gasteiger partial charge in [-0.1, -0.05) is 11.3 Å². The first-order valence-electron chi connectivity index (χ1n) is 4.96. The van der Waals surface area contributed by atoms with Crippen molar-refractivity contribution in [2.45, 2.75) is 20.8 Å². The van der Waals surface area contributed by atoms with Gasteiger partial charge in [0.2, 0.25) is 6.41 Å². The molecule has 0 saturated carbocycles. The van der Waals surface area contributed by atoms with Gasteiger partial charge < -0.3 is 9.88 Å². The van der Waals surface area contributed by atoms with E-state index in [4.69, 9.17) is 0 Å². The predicted octanol–water partition coefficient (Wildman–Crippen LogP) is 2.43. The number of carbonyl (C=O) groups is 1. The third-order valence-electron chi connectivity index (χ3n) is 2.39. The Labute approximate surface area is 97.9 Å². The summed E-state index contributed by atoms with van der Waals surface area (Å²) in [6, 6.07) is 4.10. The minimum absolute atomic E-state index is 0.625. The van der Waals surface area contributed by atoms with E-state index in [-0.39, 0.29) is 0 Å². The van der Waals surface area contributed by atoms with Crippen molar-refractivity contribution in [2.24, 2.45) is 0 Å². The number of aromatic nitrogens is 2. The molecule has 0 aliphatic carbocycles. The molecule has 0 spiro atoms. The zero-order valence-electron chi connectivity index (χ0n) is 9.44. The van der Waals surface area contributed by atoms with E-state index in [0.717, 1.165) is 21.4 Å². The monoisotopic (exact) mass is 235 g/mol. The smallest absolute Gasteiger partial charge is 0.212 e. The van der Waals surface area contributed by atoms with Crippen molar-refractivity contribution in [1.29, 1.82) is 0 Å². The number of nitrogens with zero attached hydrogens (tertiary/aromatic N) is 2. The van der Waals surface area contributed by atoms with Crippen LogP contribution in [-0.4, -0.2) is 16.0 Å². The molecule has 5 heteroatoms. The number of carbonyl (C=O) groups excluding carboxylic acids is 1.